The molecule has 2 aromatic carbocycles. The van der Waals surface area contributed by atoms with Gasteiger partial charge in [-0.1, -0.05) is 12.1 Å². The Hall–Kier alpha value is -4.07. The molecule has 8 nitrogen and oxygen atoms in total. The molecular weight excluding hydrogens is 384 g/mol. The van der Waals surface area contributed by atoms with E-state index in [0.29, 0.717) is 17.7 Å². The Kier molecular flexibility index (Phi) is 5.87. The summed E-state index contributed by atoms with van der Waals surface area (Å²) in [7, 11) is 0. The molecule has 6 N–H and O–H groups in total. The van der Waals surface area contributed by atoms with Crippen molar-refractivity contribution in [3.05, 3.63) is 71.4 Å². The van der Waals surface area contributed by atoms with Crippen LogP contribution in [0.2, 0.25) is 0 Å². The zero-order valence-corrected chi connectivity index (χ0v) is 16.4. The van der Waals surface area contributed by atoms with Crippen LogP contribution in [0.5, 0.6) is 0 Å². The van der Waals surface area contributed by atoms with Gasteiger partial charge in [-0.3, -0.25) is 9.59 Å². The SMILES string of the molecule is Cc1cc(C(N)=O)ccc1-n1c(CCC(=O)O)ccc1-c1ccc(NC(N)=O)cc1. The van der Waals surface area contributed by atoms with Crippen LogP contribution >= 0.6 is 0 Å². The molecule has 0 saturated heterocycles. The summed E-state index contributed by atoms with van der Waals surface area (Å²) in [5.41, 5.74) is 15.7. The molecule has 0 bridgehead atoms. The number of carboxylic acids is 1. The number of aryl methyl sites for hydroxylation is 2. The van der Waals surface area contributed by atoms with E-state index in [2.05, 4.69) is 5.32 Å². The quantitative estimate of drug-likeness (QED) is 0.478. The smallest absolute Gasteiger partial charge is 0.316 e. The lowest BCUT2D eigenvalue weighted by Gasteiger charge is -2.17. The number of hydrogen-bond donors (Lipinski definition) is 4. The minimum Gasteiger partial charge on any atom is -0.481 e. The molecule has 8 heteroatoms. The van der Waals surface area contributed by atoms with Gasteiger partial charge in [-0.25, -0.2) is 4.79 Å². The van der Waals surface area contributed by atoms with Gasteiger partial charge in [0.25, 0.3) is 0 Å². The number of nitrogens with two attached hydrogens (primary N) is 2. The van der Waals surface area contributed by atoms with E-state index in [4.69, 9.17) is 16.6 Å². The van der Waals surface area contributed by atoms with Crippen LogP contribution in [0.15, 0.2) is 54.6 Å². The fourth-order valence-corrected chi connectivity index (χ4v) is 3.35. The summed E-state index contributed by atoms with van der Waals surface area (Å²) in [5.74, 6) is -1.40. The van der Waals surface area contributed by atoms with Gasteiger partial charge >= 0.3 is 12.0 Å². The number of aliphatic carboxylic acids is 1. The highest BCUT2D eigenvalue weighted by Crippen LogP contribution is 2.30. The largest absolute Gasteiger partial charge is 0.481 e. The van der Waals surface area contributed by atoms with E-state index in [1.807, 2.05) is 35.8 Å². The topological polar surface area (TPSA) is 140 Å². The Morgan fingerprint density at radius 2 is 1.70 bits per heavy atom. The first-order chi connectivity index (χ1) is 14.3. The van der Waals surface area contributed by atoms with Gasteiger partial charge in [0, 0.05) is 22.6 Å². The third kappa shape index (κ3) is 4.49. The average Bonchev–Trinajstić information content (AvgIpc) is 3.10. The first kappa shape index (κ1) is 20.7. The van der Waals surface area contributed by atoms with E-state index in [1.54, 1.807) is 30.3 Å². The maximum absolute atomic E-state index is 11.5. The van der Waals surface area contributed by atoms with E-state index in [0.717, 1.165) is 28.2 Å². The Morgan fingerprint density at radius 3 is 2.27 bits per heavy atom. The Morgan fingerprint density at radius 1 is 1.00 bits per heavy atom. The summed E-state index contributed by atoms with van der Waals surface area (Å²) in [5, 5.41) is 11.6. The number of anilines is 1. The number of carboxylic acid groups (broad SMARTS) is 1. The van der Waals surface area contributed by atoms with Crippen molar-refractivity contribution in [3.8, 4) is 16.9 Å². The van der Waals surface area contributed by atoms with E-state index >= 15 is 0 Å². The molecule has 0 aliphatic rings. The van der Waals surface area contributed by atoms with E-state index < -0.39 is 17.9 Å². The van der Waals surface area contributed by atoms with Crippen molar-refractivity contribution < 1.29 is 19.5 Å². The second-order valence-electron chi connectivity index (χ2n) is 6.87. The predicted molar refractivity (Wildman–Crippen MR) is 114 cm³/mol. The standard InChI is InChI=1S/C22H22N4O4/c1-13-12-15(21(23)29)4-9-18(13)26-17(8-11-20(27)28)7-10-19(26)14-2-5-16(6-3-14)25-22(24)30/h2-7,9-10,12H,8,11H2,1H3,(H2,23,29)(H,27,28)(H3,24,25,30). The fraction of sp³-hybridized carbons (Fsp3) is 0.136. The number of aromatic nitrogens is 1. The van der Waals surface area contributed by atoms with E-state index in [1.165, 1.54) is 0 Å². The number of rotatable bonds is 7. The molecule has 1 aromatic heterocycles. The van der Waals surface area contributed by atoms with Gasteiger partial charge in [-0.05, 0) is 66.9 Å². The predicted octanol–water partition coefficient (Wildman–Crippen LogP) is 3.06. The third-order valence-electron chi connectivity index (χ3n) is 4.73. The fourth-order valence-electron chi connectivity index (χ4n) is 3.35. The van der Waals surface area contributed by atoms with E-state index in [-0.39, 0.29) is 6.42 Å². The monoisotopic (exact) mass is 406 g/mol. The molecule has 3 rings (SSSR count). The van der Waals surface area contributed by atoms with Gasteiger partial charge in [0.15, 0.2) is 0 Å². The summed E-state index contributed by atoms with van der Waals surface area (Å²) in [6.45, 7) is 1.87. The minimum absolute atomic E-state index is 0.0106. The number of urea groups is 1. The van der Waals surface area contributed by atoms with Crippen LogP contribution in [-0.2, 0) is 11.2 Å². The van der Waals surface area contributed by atoms with Gasteiger partial charge in [0.05, 0.1) is 12.1 Å². The van der Waals surface area contributed by atoms with Crippen molar-refractivity contribution in [1.82, 2.24) is 4.57 Å². The van der Waals surface area contributed by atoms with Crippen molar-refractivity contribution in [2.45, 2.75) is 19.8 Å². The molecule has 0 aliphatic heterocycles. The number of nitrogens with one attached hydrogen (secondary N) is 1. The van der Waals surface area contributed by atoms with E-state index in [9.17, 15) is 14.4 Å². The number of nitrogens with zero attached hydrogens (tertiary/aromatic N) is 1. The van der Waals surface area contributed by atoms with Crippen LogP contribution in [0.25, 0.3) is 16.9 Å². The summed E-state index contributed by atoms with van der Waals surface area (Å²) in [6.07, 6.45) is 0.330. The lowest BCUT2D eigenvalue weighted by Crippen LogP contribution is -2.19. The maximum Gasteiger partial charge on any atom is 0.316 e. The molecule has 0 atom stereocenters. The lowest BCUT2D eigenvalue weighted by atomic mass is 10.1. The summed E-state index contributed by atoms with van der Waals surface area (Å²) in [6, 6.07) is 15.5. The highest BCUT2D eigenvalue weighted by atomic mass is 16.4. The summed E-state index contributed by atoms with van der Waals surface area (Å²) >= 11 is 0. The Balaban J connectivity index is 2.09. The molecule has 3 aromatic rings. The van der Waals surface area contributed by atoms with Crippen molar-refractivity contribution in [2.24, 2.45) is 11.5 Å². The molecular formula is C22H22N4O4. The van der Waals surface area contributed by atoms with Crippen molar-refractivity contribution >= 4 is 23.6 Å². The zero-order valence-electron chi connectivity index (χ0n) is 16.4. The molecule has 1 heterocycles. The van der Waals surface area contributed by atoms with Crippen LogP contribution < -0.4 is 16.8 Å². The van der Waals surface area contributed by atoms with Crippen molar-refractivity contribution in [2.75, 3.05) is 5.32 Å². The molecule has 0 radical (unpaired) electrons. The second-order valence-corrected chi connectivity index (χ2v) is 6.87. The van der Waals surface area contributed by atoms with Gasteiger partial charge < -0.3 is 26.5 Å². The molecule has 30 heavy (non-hydrogen) atoms. The first-order valence-electron chi connectivity index (χ1n) is 9.26. The molecule has 0 fully saturated rings. The summed E-state index contributed by atoms with van der Waals surface area (Å²) < 4.78 is 1.97. The van der Waals surface area contributed by atoms with Crippen LogP contribution in [0, 0.1) is 6.92 Å². The highest BCUT2D eigenvalue weighted by Gasteiger charge is 2.16. The second kappa shape index (κ2) is 8.52. The van der Waals surface area contributed by atoms with Crippen molar-refractivity contribution in [3.63, 3.8) is 0 Å². The van der Waals surface area contributed by atoms with Gasteiger partial charge in [0.2, 0.25) is 5.91 Å². The molecule has 0 saturated carbocycles. The normalized spacial score (nSPS) is 10.6. The number of primary amides is 2. The Bertz CT molecular complexity index is 1120. The van der Waals surface area contributed by atoms with Gasteiger partial charge in [-0.2, -0.15) is 0 Å². The van der Waals surface area contributed by atoms with Gasteiger partial charge in [0.1, 0.15) is 0 Å². The minimum atomic E-state index is -0.882. The number of carbonyl (C=O) groups excluding carboxylic acids is 2. The average molecular weight is 406 g/mol. The van der Waals surface area contributed by atoms with Crippen molar-refractivity contribution in [1.29, 1.82) is 0 Å². The van der Waals surface area contributed by atoms with Crippen LogP contribution in [0.4, 0.5) is 10.5 Å². The maximum atomic E-state index is 11.5. The number of carbonyl (C=O) groups is 3. The van der Waals surface area contributed by atoms with Gasteiger partial charge in [-0.15, -0.1) is 0 Å². The lowest BCUT2D eigenvalue weighted by molar-refractivity contribution is -0.136. The summed E-state index contributed by atoms with van der Waals surface area (Å²) in [4.78, 5) is 33.6. The first-order valence-corrected chi connectivity index (χ1v) is 9.26. The molecule has 3 amide bonds. The number of hydrogen-bond acceptors (Lipinski definition) is 3. The number of amides is 3. The van der Waals surface area contributed by atoms with Crippen LogP contribution in [0.1, 0.15) is 28.0 Å². The molecule has 0 aliphatic carbocycles. The Labute approximate surface area is 173 Å². The number of benzene rings is 2. The molecule has 0 unspecified atom stereocenters. The van der Waals surface area contributed by atoms with Crippen LogP contribution in [-0.4, -0.2) is 27.6 Å². The zero-order chi connectivity index (χ0) is 21.8. The highest BCUT2D eigenvalue weighted by molar-refractivity contribution is 5.93. The van der Waals surface area contributed by atoms with Crippen LogP contribution in [0.3, 0.4) is 0 Å². The third-order valence-corrected chi connectivity index (χ3v) is 4.73. The molecule has 0 spiro atoms. The molecule has 154 valence electrons.